The van der Waals surface area contributed by atoms with Crippen molar-refractivity contribution in [1.82, 2.24) is 0 Å². The van der Waals surface area contributed by atoms with Crippen molar-refractivity contribution in [2.75, 3.05) is 0 Å². The van der Waals surface area contributed by atoms with Gasteiger partial charge < -0.3 is 14.6 Å². The fourth-order valence-corrected chi connectivity index (χ4v) is 13.4. The van der Waals surface area contributed by atoms with E-state index in [1.807, 2.05) is 12.1 Å². The van der Waals surface area contributed by atoms with Crippen LogP contribution in [0.4, 0.5) is 0 Å². The van der Waals surface area contributed by atoms with Gasteiger partial charge in [-0.25, -0.2) is 0 Å². The number of carbonyl (C=O) groups is 2. The number of hydrogen-bond donors (Lipinski definition) is 1. The van der Waals surface area contributed by atoms with Crippen molar-refractivity contribution in [3.8, 4) is 5.75 Å². The van der Waals surface area contributed by atoms with E-state index in [4.69, 9.17) is 9.47 Å². The Hall–Kier alpha value is -2.14. The predicted octanol–water partition coefficient (Wildman–Crippen LogP) is 8.17. The summed E-state index contributed by atoms with van der Waals surface area (Å²) in [6, 6.07) is 7.98. The summed E-state index contributed by atoms with van der Waals surface area (Å²) in [5, 5.41) is 10.7. The number of carboxylic acid groups (broad SMARTS) is 1. The van der Waals surface area contributed by atoms with Crippen LogP contribution < -0.4 is 4.74 Å². The molecule has 1 aromatic rings. The lowest BCUT2D eigenvalue weighted by Crippen LogP contribution is -2.67. The molecule has 1 heterocycles. The molecular weight excluding hydrogens is 524 g/mol. The van der Waals surface area contributed by atoms with Gasteiger partial charge in [-0.1, -0.05) is 58.9 Å². The van der Waals surface area contributed by atoms with Crippen molar-refractivity contribution < 1.29 is 24.2 Å². The summed E-state index contributed by atoms with van der Waals surface area (Å²) in [7, 11) is 0. The van der Waals surface area contributed by atoms with Gasteiger partial charge in [-0.15, -0.1) is 0 Å². The van der Waals surface area contributed by atoms with Gasteiger partial charge in [0.25, 0.3) is 6.47 Å². The Balaban J connectivity index is 1.24. The molecule has 0 aromatic heterocycles. The molecule has 0 radical (unpaired) electrons. The van der Waals surface area contributed by atoms with Gasteiger partial charge in [0.05, 0.1) is 11.5 Å². The van der Waals surface area contributed by atoms with Crippen molar-refractivity contribution in [3.63, 3.8) is 0 Å². The van der Waals surface area contributed by atoms with Gasteiger partial charge in [-0.3, -0.25) is 9.59 Å². The average molecular weight is 575 g/mol. The van der Waals surface area contributed by atoms with Gasteiger partial charge in [0.2, 0.25) is 0 Å². The summed E-state index contributed by atoms with van der Waals surface area (Å²) in [5.74, 6) is 2.12. The molecule has 7 rings (SSSR count). The van der Waals surface area contributed by atoms with Crippen LogP contribution in [0.1, 0.15) is 105 Å². The molecule has 5 heteroatoms. The topological polar surface area (TPSA) is 76.1 Å². The summed E-state index contributed by atoms with van der Waals surface area (Å²) >= 11 is 0. The minimum Gasteiger partial charge on any atom is -0.481 e. The van der Waals surface area contributed by atoms with Crippen molar-refractivity contribution in [3.05, 3.63) is 42.0 Å². The van der Waals surface area contributed by atoms with Crippen molar-refractivity contribution in [2.24, 2.45) is 56.7 Å². The molecular formula is C37H50O5. The lowest BCUT2D eigenvalue weighted by Gasteiger charge is -2.72. The Kier molecular flexibility index (Phi) is 5.95. The number of fused-ring (bicyclic) bond motifs is 8. The second kappa shape index (κ2) is 8.73. The van der Waals surface area contributed by atoms with Gasteiger partial charge in [0.15, 0.2) is 0 Å². The molecule has 1 aromatic carbocycles. The van der Waals surface area contributed by atoms with Crippen LogP contribution in [-0.4, -0.2) is 23.7 Å². The summed E-state index contributed by atoms with van der Waals surface area (Å²) in [6.45, 7) is 19.7. The average Bonchev–Trinajstić information content (AvgIpc) is 3.51. The highest BCUT2D eigenvalue weighted by Gasteiger charge is 2.79. The molecule has 11 atom stereocenters. The number of benzene rings is 1. The maximum Gasteiger partial charge on any atom is 0.309 e. The minimum absolute atomic E-state index is 0.0433. The molecule has 42 heavy (non-hydrogen) atoms. The largest absolute Gasteiger partial charge is 0.481 e. The van der Waals surface area contributed by atoms with Crippen LogP contribution in [0, 0.1) is 56.7 Å². The lowest BCUT2D eigenvalue weighted by atomic mass is 9.31. The highest BCUT2D eigenvalue weighted by molar-refractivity contribution is 5.76. The first-order valence-electron chi connectivity index (χ1n) is 16.5. The number of rotatable bonds is 5. The van der Waals surface area contributed by atoms with E-state index in [0.29, 0.717) is 35.9 Å². The van der Waals surface area contributed by atoms with Crippen LogP contribution in [0.5, 0.6) is 5.75 Å². The fraction of sp³-hybridized carbons (Fsp3) is 0.730. The van der Waals surface area contributed by atoms with Crippen LogP contribution in [0.2, 0.25) is 0 Å². The van der Waals surface area contributed by atoms with Crippen LogP contribution in [0.15, 0.2) is 36.4 Å². The quantitative estimate of drug-likeness (QED) is 0.218. The second-order valence-corrected chi connectivity index (χ2v) is 16.7. The third-order valence-electron chi connectivity index (χ3n) is 15.4. The zero-order valence-corrected chi connectivity index (χ0v) is 26.5. The first-order valence-corrected chi connectivity index (χ1v) is 16.5. The van der Waals surface area contributed by atoms with E-state index in [0.717, 1.165) is 38.5 Å². The second-order valence-electron chi connectivity index (χ2n) is 16.7. The molecule has 228 valence electrons. The Morgan fingerprint density at radius 3 is 2.31 bits per heavy atom. The van der Waals surface area contributed by atoms with Gasteiger partial charge >= 0.3 is 5.97 Å². The molecule has 5 aliphatic carbocycles. The Morgan fingerprint density at radius 2 is 1.67 bits per heavy atom. The van der Waals surface area contributed by atoms with Crippen molar-refractivity contribution in [1.29, 1.82) is 0 Å². The van der Waals surface area contributed by atoms with Crippen LogP contribution >= 0.6 is 0 Å². The number of carbonyl (C=O) groups excluding carboxylic acids is 1. The van der Waals surface area contributed by atoms with E-state index in [2.05, 4.69) is 60.3 Å². The number of carboxylic acids is 1. The Bertz CT molecular complexity index is 1330. The molecule has 6 aliphatic rings. The predicted molar refractivity (Wildman–Crippen MR) is 162 cm³/mol. The van der Waals surface area contributed by atoms with Crippen LogP contribution in [0.25, 0.3) is 0 Å². The van der Waals surface area contributed by atoms with E-state index in [1.165, 1.54) is 30.4 Å². The lowest BCUT2D eigenvalue weighted by molar-refractivity contribution is -0.238. The third kappa shape index (κ3) is 3.20. The fourth-order valence-electron chi connectivity index (χ4n) is 13.4. The van der Waals surface area contributed by atoms with Gasteiger partial charge in [-0.05, 0) is 128 Å². The molecule has 0 bridgehead atoms. The number of allylic oxidation sites excluding steroid dienone is 1. The third-order valence-corrected chi connectivity index (χ3v) is 15.4. The molecule has 0 unspecified atom stereocenters. The van der Waals surface area contributed by atoms with Gasteiger partial charge in [0.1, 0.15) is 11.4 Å². The minimum atomic E-state index is -0.571. The number of ether oxygens (including phenoxy) is 2. The van der Waals surface area contributed by atoms with Gasteiger partial charge in [-0.2, -0.15) is 0 Å². The molecule has 1 aliphatic heterocycles. The van der Waals surface area contributed by atoms with Crippen molar-refractivity contribution >= 4 is 12.4 Å². The Labute approximate surface area is 251 Å². The van der Waals surface area contributed by atoms with Crippen molar-refractivity contribution in [2.45, 2.75) is 111 Å². The SMILES string of the molecule is C=C(C)[C@@H]1CC[C@]2(C(=O)O)CC[C@]3(C)[C@H](CC[C@@H]4[C@@]5(C)C[C@@H]6O[C@]6(c6ccc(OC=O)cc6)C(C)(C)[C@@H]5CC[C@]43C)[C@@H]12. The first-order chi connectivity index (χ1) is 19.7. The molecule has 1 saturated heterocycles. The van der Waals surface area contributed by atoms with E-state index in [1.54, 1.807) is 0 Å². The first kappa shape index (κ1) is 28.6. The monoisotopic (exact) mass is 574 g/mol. The molecule has 5 nitrogen and oxygen atoms in total. The van der Waals surface area contributed by atoms with E-state index in [-0.39, 0.29) is 39.3 Å². The summed E-state index contributed by atoms with van der Waals surface area (Å²) in [5.41, 5.74) is 1.95. The molecule has 6 fully saturated rings. The molecule has 0 spiro atoms. The molecule has 1 N–H and O–H groups in total. The summed E-state index contributed by atoms with van der Waals surface area (Å²) in [6.07, 6.45) is 9.61. The molecule has 5 saturated carbocycles. The number of hydrogen-bond acceptors (Lipinski definition) is 4. The molecule has 0 amide bonds. The highest BCUT2D eigenvalue weighted by atomic mass is 16.6. The van der Waals surface area contributed by atoms with Gasteiger partial charge in [0, 0.05) is 5.41 Å². The number of epoxide rings is 1. The summed E-state index contributed by atoms with van der Waals surface area (Å²) in [4.78, 5) is 23.8. The zero-order chi connectivity index (χ0) is 30.1. The smallest absolute Gasteiger partial charge is 0.309 e. The van der Waals surface area contributed by atoms with E-state index < -0.39 is 11.4 Å². The maximum absolute atomic E-state index is 13.0. The Morgan fingerprint density at radius 1 is 0.952 bits per heavy atom. The maximum atomic E-state index is 13.0. The van der Waals surface area contributed by atoms with E-state index in [9.17, 15) is 14.7 Å². The summed E-state index contributed by atoms with van der Waals surface area (Å²) < 4.78 is 11.9. The standard InChI is InChI=1S/C37H50O5/c1-22(2)25-14-17-36(31(39)40)19-18-34(6)26(30(25)36)12-13-28-33(5)20-29-37(42-29,23-8-10-24(11-9-23)41-21-38)32(3,4)27(33)15-16-35(28,34)7/h8-11,21,25-30H,1,12-20H2,2-7H3,(H,39,40)/t25-,26+,27-,28+,29-,30+,33-,34+,35+,36-,37-/m0/s1. The normalized spacial score (nSPS) is 49.8. The van der Waals surface area contributed by atoms with Crippen LogP contribution in [0.3, 0.4) is 0 Å². The zero-order valence-electron chi connectivity index (χ0n) is 26.5. The number of aliphatic carboxylic acids is 1. The highest BCUT2D eigenvalue weighted by Crippen LogP contribution is 2.81. The van der Waals surface area contributed by atoms with E-state index >= 15 is 0 Å². The van der Waals surface area contributed by atoms with Crippen LogP contribution in [-0.2, 0) is 19.9 Å².